The predicted molar refractivity (Wildman–Crippen MR) is 89.0 cm³/mol. The minimum absolute atomic E-state index is 0.0456. The molecular formula is C20H12F6O. The van der Waals surface area contributed by atoms with Crippen LogP contribution in [0.4, 0.5) is 26.3 Å². The second kappa shape index (κ2) is 6.64. The molecular weight excluding hydrogens is 370 g/mol. The summed E-state index contributed by atoms with van der Waals surface area (Å²) in [6, 6.07) is 13.8. The maximum Gasteiger partial charge on any atom is 0.416 e. The van der Waals surface area contributed by atoms with Gasteiger partial charge in [0.05, 0.1) is 11.1 Å². The third-order valence-corrected chi connectivity index (χ3v) is 3.99. The highest BCUT2D eigenvalue weighted by atomic mass is 19.4. The molecule has 0 saturated carbocycles. The van der Waals surface area contributed by atoms with Crippen molar-refractivity contribution in [1.29, 1.82) is 0 Å². The zero-order valence-corrected chi connectivity index (χ0v) is 13.6. The van der Waals surface area contributed by atoms with E-state index in [1.54, 1.807) is 24.3 Å². The van der Waals surface area contributed by atoms with Crippen LogP contribution in [0.25, 0.3) is 22.3 Å². The van der Waals surface area contributed by atoms with Crippen LogP contribution in [0.5, 0.6) is 5.75 Å². The number of hydrogen-bond donors (Lipinski definition) is 1. The fourth-order valence-electron chi connectivity index (χ4n) is 2.66. The SMILES string of the molecule is Oc1cccc(-c2ccc(-c3cc(C(F)(F)F)cc(C(F)(F)F)c3)cc2)c1. The van der Waals surface area contributed by atoms with Gasteiger partial charge in [-0.05, 0) is 52.6 Å². The van der Waals surface area contributed by atoms with Crippen LogP contribution in [-0.2, 0) is 12.4 Å². The van der Waals surface area contributed by atoms with E-state index in [4.69, 9.17) is 0 Å². The number of benzene rings is 3. The van der Waals surface area contributed by atoms with Crippen LogP contribution in [0.3, 0.4) is 0 Å². The summed E-state index contributed by atoms with van der Waals surface area (Å²) in [7, 11) is 0. The summed E-state index contributed by atoms with van der Waals surface area (Å²) in [5.74, 6) is 0.0456. The Labute approximate surface area is 150 Å². The number of halogens is 6. The summed E-state index contributed by atoms with van der Waals surface area (Å²) >= 11 is 0. The lowest BCUT2D eigenvalue weighted by Crippen LogP contribution is -2.11. The minimum Gasteiger partial charge on any atom is -0.508 e. The van der Waals surface area contributed by atoms with Gasteiger partial charge in [-0.1, -0.05) is 36.4 Å². The molecule has 0 fully saturated rings. The van der Waals surface area contributed by atoms with E-state index in [-0.39, 0.29) is 22.9 Å². The van der Waals surface area contributed by atoms with E-state index in [0.29, 0.717) is 23.3 Å². The van der Waals surface area contributed by atoms with Gasteiger partial charge in [0, 0.05) is 0 Å². The van der Waals surface area contributed by atoms with Crippen molar-refractivity contribution in [3.63, 3.8) is 0 Å². The smallest absolute Gasteiger partial charge is 0.416 e. The van der Waals surface area contributed by atoms with E-state index in [0.717, 1.165) is 0 Å². The lowest BCUT2D eigenvalue weighted by molar-refractivity contribution is -0.143. The van der Waals surface area contributed by atoms with Crippen molar-refractivity contribution in [2.75, 3.05) is 0 Å². The molecule has 0 aliphatic carbocycles. The number of hydrogen-bond acceptors (Lipinski definition) is 1. The van der Waals surface area contributed by atoms with Crippen LogP contribution >= 0.6 is 0 Å². The fraction of sp³-hybridized carbons (Fsp3) is 0.100. The number of phenols is 1. The number of phenolic OH excluding ortho intramolecular Hbond substituents is 1. The van der Waals surface area contributed by atoms with Crippen LogP contribution in [0.2, 0.25) is 0 Å². The Morgan fingerprint density at radius 1 is 0.519 bits per heavy atom. The molecule has 27 heavy (non-hydrogen) atoms. The summed E-state index contributed by atoms with van der Waals surface area (Å²) in [6.07, 6.45) is -9.78. The lowest BCUT2D eigenvalue weighted by atomic mass is 9.97. The molecule has 0 aliphatic rings. The van der Waals surface area contributed by atoms with Crippen molar-refractivity contribution >= 4 is 0 Å². The molecule has 3 rings (SSSR count). The molecule has 3 aromatic rings. The first-order chi connectivity index (χ1) is 12.5. The summed E-state index contributed by atoms with van der Waals surface area (Å²) in [5, 5.41) is 9.51. The molecule has 0 radical (unpaired) electrons. The van der Waals surface area contributed by atoms with E-state index < -0.39 is 23.5 Å². The molecule has 0 aromatic heterocycles. The molecule has 3 aromatic carbocycles. The third-order valence-electron chi connectivity index (χ3n) is 3.99. The van der Waals surface area contributed by atoms with Crippen LogP contribution in [0, 0.1) is 0 Å². The van der Waals surface area contributed by atoms with Crippen molar-refractivity contribution in [1.82, 2.24) is 0 Å². The van der Waals surface area contributed by atoms with Gasteiger partial charge in [-0.15, -0.1) is 0 Å². The first-order valence-electron chi connectivity index (χ1n) is 7.73. The molecule has 0 atom stereocenters. The van der Waals surface area contributed by atoms with Gasteiger partial charge < -0.3 is 5.11 Å². The summed E-state index contributed by atoms with van der Waals surface area (Å²) in [5.41, 5.74) is -1.34. The van der Waals surface area contributed by atoms with Gasteiger partial charge in [0.25, 0.3) is 0 Å². The largest absolute Gasteiger partial charge is 0.508 e. The Morgan fingerprint density at radius 2 is 1.00 bits per heavy atom. The Bertz CT molecular complexity index is 923. The Hall–Kier alpha value is -2.96. The zero-order chi connectivity index (χ0) is 19.8. The van der Waals surface area contributed by atoms with E-state index >= 15 is 0 Å². The molecule has 0 amide bonds. The molecule has 0 unspecified atom stereocenters. The van der Waals surface area contributed by atoms with Crippen molar-refractivity contribution < 1.29 is 31.4 Å². The van der Waals surface area contributed by atoms with Gasteiger partial charge in [0.2, 0.25) is 0 Å². The summed E-state index contributed by atoms with van der Waals surface area (Å²) in [4.78, 5) is 0. The highest BCUT2D eigenvalue weighted by Gasteiger charge is 2.36. The number of alkyl halides is 6. The van der Waals surface area contributed by atoms with Crippen molar-refractivity contribution in [3.8, 4) is 28.0 Å². The van der Waals surface area contributed by atoms with Gasteiger partial charge in [0.15, 0.2) is 0 Å². The Balaban J connectivity index is 2.05. The summed E-state index contributed by atoms with van der Waals surface area (Å²) < 4.78 is 77.9. The van der Waals surface area contributed by atoms with Crippen LogP contribution in [0.1, 0.15) is 11.1 Å². The maximum atomic E-state index is 13.0. The molecule has 0 heterocycles. The molecule has 0 bridgehead atoms. The first-order valence-corrected chi connectivity index (χ1v) is 7.73. The van der Waals surface area contributed by atoms with E-state index in [2.05, 4.69) is 0 Å². The average molecular weight is 382 g/mol. The zero-order valence-electron chi connectivity index (χ0n) is 13.6. The number of aromatic hydroxyl groups is 1. The van der Waals surface area contributed by atoms with Gasteiger partial charge in [0.1, 0.15) is 5.75 Å². The normalized spacial score (nSPS) is 12.2. The standard InChI is InChI=1S/C20H12F6O/c21-19(22,23)16-8-15(9-17(11-16)20(24,25)26)13-6-4-12(5-7-13)14-2-1-3-18(27)10-14/h1-11,27H. The molecule has 0 aliphatic heterocycles. The molecule has 1 N–H and O–H groups in total. The van der Waals surface area contributed by atoms with Crippen molar-refractivity contribution in [2.24, 2.45) is 0 Å². The van der Waals surface area contributed by atoms with Crippen LogP contribution in [-0.4, -0.2) is 5.11 Å². The molecule has 140 valence electrons. The van der Waals surface area contributed by atoms with Gasteiger partial charge in [-0.3, -0.25) is 0 Å². The van der Waals surface area contributed by atoms with E-state index in [9.17, 15) is 31.4 Å². The van der Waals surface area contributed by atoms with Gasteiger partial charge in [-0.2, -0.15) is 26.3 Å². The molecule has 0 spiro atoms. The second-order valence-corrected chi connectivity index (χ2v) is 5.92. The lowest BCUT2D eigenvalue weighted by Gasteiger charge is -2.14. The van der Waals surface area contributed by atoms with Crippen molar-refractivity contribution in [2.45, 2.75) is 12.4 Å². The Morgan fingerprint density at radius 3 is 1.44 bits per heavy atom. The van der Waals surface area contributed by atoms with Crippen molar-refractivity contribution in [3.05, 3.63) is 77.9 Å². The molecule has 0 saturated heterocycles. The van der Waals surface area contributed by atoms with E-state index in [1.807, 2.05) is 0 Å². The van der Waals surface area contributed by atoms with E-state index in [1.165, 1.54) is 24.3 Å². The van der Waals surface area contributed by atoms with Gasteiger partial charge in [-0.25, -0.2) is 0 Å². The fourth-order valence-corrected chi connectivity index (χ4v) is 2.66. The number of rotatable bonds is 2. The van der Waals surface area contributed by atoms with Gasteiger partial charge >= 0.3 is 12.4 Å². The maximum absolute atomic E-state index is 13.0. The third kappa shape index (κ3) is 4.24. The minimum atomic E-state index is -4.89. The van der Waals surface area contributed by atoms with Crippen LogP contribution in [0.15, 0.2) is 66.7 Å². The first kappa shape index (κ1) is 18.8. The second-order valence-electron chi connectivity index (χ2n) is 5.92. The topological polar surface area (TPSA) is 20.2 Å². The highest BCUT2D eigenvalue weighted by Crippen LogP contribution is 2.39. The summed E-state index contributed by atoms with van der Waals surface area (Å²) in [6.45, 7) is 0. The monoisotopic (exact) mass is 382 g/mol. The van der Waals surface area contributed by atoms with Crippen LogP contribution < -0.4 is 0 Å². The molecule has 1 nitrogen and oxygen atoms in total. The quantitative estimate of drug-likeness (QED) is 0.485. The Kier molecular flexibility index (Phi) is 4.63. The predicted octanol–water partition coefficient (Wildman–Crippen LogP) is 6.76. The molecule has 7 heteroatoms. The highest BCUT2D eigenvalue weighted by molar-refractivity contribution is 5.72. The average Bonchev–Trinajstić information content (AvgIpc) is 2.60.